The SMILES string of the molecule is CCCCCCCCCCCCCCOCC(COP(=O)([O-])OCC[N+](C)(C)C)OC(=O)O[C@H]1CC[C@@]2(C)C(=CC[C@H]3[C@@H]4CC[C@H]([C@H](C)CCCC(C)C)[C@@]4(C)CC[C@@H]32)C1. The zero-order valence-electron chi connectivity index (χ0n) is 40.2. The number of hydrogen-bond acceptors (Lipinski definition) is 8. The molecule has 0 amide bonds. The topological polar surface area (TPSA) is 103 Å². The molecule has 4 aliphatic rings. The van der Waals surface area contributed by atoms with E-state index in [1.54, 1.807) is 0 Å². The number of likely N-dealkylation sites (N-methyl/N-ethyl adjacent to an activating group) is 1. The van der Waals surface area contributed by atoms with Crippen LogP contribution in [0.15, 0.2) is 11.6 Å². The van der Waals surface area contributed by atoms with Gasteiger partial charge in [-0.1, -0.05) is 143 Å². The van der Waals surface area contributed by atoms with Crippen LogP contribution in [0.4, 0.5) is 4.79 Å². The lowest BCUT2D eigenvalue weighted by atomic mass is 9.47. The summed E-state index contributed by atoms with van der Waals surface area (Å²) in [7, 11) is 1.28. The fourth-order valence-corrected chi connectivity index (χ4v) is 12.8. The maximum atomic E-state index is 13.3. The van der Waals surface area contributed by atoms with E-state index in [0.29, 0.717) is 29.0 Å². The molecule has 0 saturated heterocycles. The third-order valence-corrected chi connectivity index (χ3v) is 16.6. The van der Waals surface area contributed by atoms with Crippen molar-refractivity contribution in [2.45, 2.75) is 201 Å². The molecular weight excluding hydrogens is 774 g/mol. The van der Waals surface area contributed by atoms with E-state index in [2.05, 4.69) is 47.6 Å². The molecule has 0 bridgehead atoms. The van der Waals surface area contributed by atoms with E-state index in [1.165, 1.54) is 115 Å². The molecule has 0 aromatic heterocycles. The van der Waals surface area contributed by atoms with Gasteiger partial charge in [0.15, 0.2) is 6.10 Å². The number of phosphoric ester groups is 1. The number of phosphoric acid groups is 1. The molecule has 10 heteroatoms. The van der Waals surface area contributed by atoms with Crippen molar-refractivity contribution >= 4 is 14.0 Å². The Morgan fingerprint density at radius 2 is 1.48 bits per heavy atom. The van der Waals surface area contributed by atoms with Gasteiger partial charge in [0.1, 0.15) is 19.3 Å². The van der Waals surface area contributed by atoms with Crippen LogP contribution in [0.3, 0.4) is 0 Å². The summed E-state index contributed by atoms with van der Waals surface area (Å²) in [6, 6.07) is 0. The molecule has 4 rings (SSSR count). The molecule has 0 N–H and O–H groups in total. The van der Waals surface area contributed by atoms with Gasteiger partial charge in [-0.15, -0.1) is 0 Å². The van der Waals surface area contributed by atoms with Gasteiger partial charge in [-0.2, -0.15) is 0 Å². The van der Waals surface area contributed by atoms with Crippen LogP contribution in [-0.4, -0.2) is 77.0 Å². The third-order valence-electron chi connectivity index (χ3n) is 15.7. The highest BCUT2D eigenvalue weighted by Gasteiger charge is 2.59. The number of allylic oxidation sites excluding steroid dienone is 1. The predicted molar refractivity (Wildman–Crippen MR) is 242 cm³/mol. The molecule has 0 radical (unpaired) electrons. The Morgan fingerprint density at radius 1 is 0.817 bits per heavy atom. The summed E-state index contributed by atoms with van der Waals surface area (Å²) in [5.41, 5.74) is 2.06. The van der Waals surface area contributed by atoms with E-state index in [-0.39, 0.29) is 31.3 Å². The monoisotopic (exact) mass is 866 g/mol. The highest BCUT2D eigenvalue weighted by Crippen LogP contribution is 2.67. The molecule has 4 aliphatic carbocycles. The van der Waals surface area contributed by atoms with Crippen LogP contribution >= 0.6 is 7.82 Å². The first-order valence-electron chi connectivity index (χ1n) is 25.0. The minimum absolute atomic E-state index is 0.00359. The Balaban J connectivity index is 1.25. The van der Waals surface area contributed by atoms with Crippen molar-refractivity contribution in [3.05, 3.63) is 11.6 Å². The molecule has 0 aromatic rings. The highest BCUT2D eigenvalue weighted by molar-refractivity contribution is 7.45. The first-order valence-corrected chi connectivity index (χ1v) is 26.5. The number of ether oxygens (including phenoxy) is 3. The second-order valence-corrected chi connectivity index (χ2v) is 23.2. The number of carbonyl (C=O) groups is 1. The number of nitrogens with zero attached hydrogens (tertiary/aromatic N) is 1. The molecule has 350 valence electrons. The van der Waals surface area contributed by atoms with Crippen molar-refractivity contribution in [3.8, 4) is 0 Å². The molecule has 10 atom stereocenters. The molecule has 0 aromatic carbocycles. The Bertz CT molecular complexity index is 1330. The fraction of sp³-hybridized carbons (Fsp3) is 0.940. The molecule has 0 spiro atoms. The van der Waals surface area contributed by atoms with Crippen LogP contribution < -0.4 is 4.89 Å². The Morgan fingerprint density at radius 3 is 2.13 bits per heavy atom. The van der Waals surface area contributed by atoms with Crippen LogP contribution in [-0.2, 0) is 27.8 Å². The molecule has 60 heavy (non-hydrogen) atoms. The van der Waals surface area contributed by atoms with Gasteiger partial charge in [0.2, 0.25) is 0 Å². The molecular formula is C50H92NO8P. The summed E-state index contributed by atoms with van der Waals surface area (Å²) >= 11 is 0. The smallest absolute Gasteiger partial charge is 0.508 e. The fourth-order valence-electron chi connectivity index (χ4n) is 12.1. The van der Waals surface area contributed by atoms with Gasteiger partial charge in [0.05, 0.1) is 34.4 Å². The van der Waals surface area contributed by atoms with E-state index in [0.717, 1.165) is 68.1 Å². The maximum Gasteiger partial charge on any atom is 0.508 e. The van der Waals surface area contributed by atoms with Crippen molar-refractivity contribution in [2.75, 3.05) is 54.1 Å². The van der Waals surface area contributed by atoms with Gasteiger partial charge < -0.3 is 32.6 Å². The number of carbonyl (C=O) groups excluding carboxylic acids is 1. The average Bonchev–Trinajstić information content (AvgIpc) is 3.53. The normalized spacial score (nSPS) is 29.9. The second-order valence-electron chi connectivity index (χ2n) is 21.8. The molecule has 0 aliphatic heterocycles. The quantitative estimate of drug-likeness (QED) is 0.0241. The minimum atomic E-state index is -4.60. The van der Waals surface area contributed by atoms with Crippen LogP contribution in [0.2, 0.25) is 0 Å². The van der Waals surface area contributed by atoms with Crippen molar-refractivity contribution < 1.29 is 42.0 Å². The predicted octanol–water partition coefficient (Wildman–Crippen LogP) is 12.8. The largest absolute Gasteiger partial charge is 0.756 e. The standard InChI is InChI=1S/C50H92NO8P/c1-10-11-12-13-14-15-16-17-18-19-20-21-34-55-37-43(38-57-60(53,54)56-35-33-51(7,8)9)59-48(52)58-42-29-31-49(5)41(36-42)25-26-44-46-28-27-45(40(4)24-22-23-39(2)3)50(46,6)32-30-47(44)49/h25,39-40,42-47H,10-24,26-38H2,1-9H3/t40-,42+,43?,44+,45-,46+,47+,49+,50-/m1/s1. The Labute approximate surface area is 368 Å². The van der Waals surface area contributed by atoms with Crippen molar-refractivity contribution in [2.24, 2.45) is 46.3 Å². The number of fused-ring (bicyclic) bond motifs is 5. The van der Waals surface area contributed by atoms with Crippen molar-refractivity contribution in [3.63, 3.8) is 0 Å². The average molecular weight is 866 g/mol. The second kappa shape index (κ2) is 24.9. The van der Waals surface area contributed by atoms with E-state index in [1.807, 2.05) is 21.1 Å². The summed E-state index contributed by atoms with van der Waals surface area (Å²) in [4.78, 5) is 26.0. The maximum absolute atomic E-state index is 13.3. The molecule has 0 heterocycles. The number of rotatable bonds is 29. The van der Waals surface area contributed by atoms with Crippen LogP contribution in [0, 0.1) is 46.3 Å². The van der Waals surface area contributed by atoms with E-state index in [4.69, 9.17) is 23.3 Å². The summed E-state index contributed by atoms with van der Waals surface area (Å²) in [6.07, 6.45) is 28.8. The lowest BCUT2D eigenvalue weighted by Gasteiger charge is -2.58. The van der Waals surface area contributed by atoms with Gasteiger partial charge in [-0.05, 0) is 97.7 Å². The molecule has 3 fully saturated rings. The molecule has 3 saturated carbocycles. The lowest BCUT2D eigenvalue weighted by molar-refractivity contribution is -0.870. The summed E-state index contributed by atoms with van der Waals surface area (Å²) in [5, 5.41) is 0. The Kier molecular flexibility index (Phi) is 21.5. The summed E-state index contributed by atoms with van der Waals surface area (Å²) in [6.45, 7) is 15.3. The van der Waals surface area contributed by atoms with Crippen LogP contribution in [0.1, 0.15) is 189 Å². The van der Waals surface area contributed by atoms with Gasteiger partial charge in [0.25, 0.3) is 7.82 Å². The molecule has 2 unspecified atom stereocenters. The highest BCUT2D eigenvalue weighted by atomic mass is 31.2. The number of unbranched alkanes of at least 4 members (excludes halogenated alkanes) is 11. The Hall–Kier alpha value is -0.960. The first-order chi connectivity index (χ1) is 28.5. The summed E-state index contributed by atoms with van der Waals surface area (Å²) in [5.74, 6) is 4.69. The van der Waals surface area contributed by atoms with E-state index < -0.39 is 20.1 Å². The third kappa shape index (κ3) is 16.2. The first kappa shape index (κ1) is 51.7. The zero-order valence-corrected chi connectivity index (χ0v) is 41.0. The van der Waals surface area contributed by atoms with Crippen molar-refractivity contribution in [1.82, 2.24) is 0 Å². The lowest BCUT2D eigenvalue weighted by Crippen LogP contribution is -2.51. The summed E-state index contributed by atoms with van der Waals surface area (Å²) < 4.78 is 41.2. The minimum Gasteiger partial charge on any atom is -0.756 e. The van der Waals surface area contributed by atoms with Gasteiger partial charge >= 0.3 is 6.16 Å². The van der Waals surface area contributed by atoms with Gasteiger partial charge in [-0.25, -0.2) is 4.79 Å². The van der Waals surface area contributed by atoms with Gasteiger partial charge in [0, 0.05) is 13.0 Å². The number of quaternary nitrogens is 1. The van der Waals surface area contributed by atoms with E-state index >= 15 is 0 Å². The molecule has 9 nitrogen and oxygen atoms in total. The zero-order chi connectivity index (χ0) is 43.8. The number of hydrogen-bond donors (Lipinski definition) is 0. The van der Waals surface area contributed by atoms with Crippen LogP contribution in [0.25, 0.3) is 0 Å². The van der Waals surface area contributed by atoms with Gasteiger partial charge in [-0.3, -0.25) is 4.57 Å². The van der Waals surface area contributed by atoms with E-state index in [9.17, 15) is 14.3 Å². The van der Waals surface area contributed by atoms with Crippen LogP contribution in [0.5, 0.6) is 0 Å². The van der Waals surface area contributed by atoms with Crippen molar-refractivity contribution in [1.29, 1.82) is 0 Å².